The van der Waals surface area contributed by atoms with Crippen LogP contribution in [-0.2, 0) is 6.54 Å². The van der Waals surface area contributed by atoms with Crippen molar-refractivity contribution in [3.05, 3.63) is 12.0 Å². The molecular weight excluding hydrogens is 204 g/mol. The molecule has 1 fully saturated rings. The van der Waals surface area contributed by atoms with E-state index in [4.69, 9.17) is 9.15 Å². The van der Waals surface area contributed by atoms with E-state index in [0.717, 1.165) is 18.8 Å². The fourth-order valence-corrected chi connectivity index (χ4v) is 2.16. The number of rotatable bonds is 5. The van der Waals surface area contributed by atoms with Crippen molar-refractivity contribution in [3.63, 3.8) is 0 Å². The highest BCUT2D eigenvalue weighted by atomic mass is 16.6. The van der Waals surface area contributed by atoms with Gasteiger partial charge in [-0.15, -0.1) is 0 Å². The van der Waals surface area contributed by atoms with Crippen LogP contribution < -0.4 is 10.1 Å². The highest BCUT2D eigenvalue weighted by molar-refractivity contribution is 4.99. The molecule has 0 unspecified atom stereocenters. The van der Waals surface area contributed by atoms with Crippen LogP contribution in [0.2, 0.25) is 0 Å². The van der Waals surface area contributed by atoms with Crippen molar-refractivity contribution in [1.29, 1.82) is 0 Å². The first-order valence-corrected chi connectivity index (χ1v) is 6.10. The third kappa shape index (κ3) is 3.23. The lowest BCUT2D eigenvalue weighted by Gasteiger charge is -2.20. The van der Waals surface area contributed by atoms with Crippen LogP contribution in [-0.4, -0.2) is 18.6 Å². The summed E-state index contributed by atoms with van der Waals surface area (Å²) in [7, 11) is 1.89. The van der Waals surface area contributed by atoms with Gasteiger partial charge >= 0.3 is 6.08 Å². The van der Waals surface area contributed by atoms with Crippen LogP contribution in [0.25, 0.3) is 0 Å². The maximum atomic E-state index is 5.57. The summed E-state index contributed by atoms with van der Waals surface area (Å²) in [6.45, 7) is 1.47. The Kier molecular flexibility index (Phi) is 4.22. The largest absolute Gasteiger partial charge is 0.450 e. The molecule has 0 radical (unpaired) electrons. The van der Waals surface area contributed by atoms with Crippen LogP contribution in [0.1, 0.15) is 37.8 Å². The lowest BCUT2D eigenvalue weighted by atomic mass is 9.90. The van der Waals surface area contributed by atoms with Crippen LogP contribution in [0.3, 0.4) is 0 Å². The second kappa shape index (κ2) is 5.89. The zero-order valence-corrected chi connectivity index (χ0v) is 9.87. The SMILES string of the molecule is CNCc1coc(OCC2CCCCC2)n1. The van der Waals surface area contributed by atoms with E-state index >= 15 is 0 Å². The zero-order chi connectivity index (χ0) is 11.2. The van der Waals surface area contributed by atoms with E-state index in [1.807, 2.05) is 7.05 Å². The minimum absolute atomic E-state index is 0.413. The molecule has 0 aliphatic heterocycles. The Morgan fingerprint density at radius 1 is 1.44 bits per heavy atom. The van der Waals surface area contributed by atoms with Gasteiger partial charge in [-0.05, 0) is 25.8 Å². The maximum Gasteiger partial charge on any atom is 0.393 e. The number of nitrogens with one attached hydrogen (secondary N) is 1. The van der Waals surface area contributed by atoms with Gasteiger partial charge in [0.2, 0.25) is 0 Å². The van der Waals surface area contributed by atoms with Gasteiger partial charge in [-0.25, -0.2) is 0 Å². The predicted molar refractivity (Wildman–Crippen MR) is 61.3 cm³/mol. The molecule has 1 N–H and O–H groups in total. The summed E-state index contributed by atoms with van der Waals surface area (Å²) in [5.74, 6) is 0.688. The molecule has 90 valence electrons. The van der Waals surface area contributed by atoms with E-state index in [1.54, 1.807) is 6.26 Å². The molecule has 0 amide bonds. The lowest BCUT2D eigenvalue weighted by molar-refractivity contribution is 0.165. The Balaban J connectivity index is 1.75. The fraction of sp³-hybridized carbons (Fsp3) is 0.750. The minimum atomic E-state index is 0.413. The van der Waals surface area contributed by atoms with E-state index in [-0.39, 0.29) is 0 Å². The molecule has 1 heterocycles. The van der Waals surface area contributed by atoms with Gasteiger partial charge in [-0.3, -0.25) is 0 Å². The van der Waals surface area contributed by atoms with E-state index in [9.17, 15) is 0 Å². The van der Waals surface area contributed by atoms with E-state index in [1.165, 1.54) is 32.1 Å². The van der Waals surface area contributed by atoms with Crippen molar-refractivity contribution in [2.24, 2.45) is 5.92 Å². The molecule has 0 saturated heterocycles. The number of ether oxygens (including phenoxy) is 1. The van der Waals surface area contributed by atoms with Crippen molar-refractivity contribution in [2.45, 2.75) is 38.6 Å². The monoisotopic (exact) mass is 224 g/mol. The summed E-state index contributed by atoms with van der Waals surface area (Å²) in [4.78, 5) is 4.23. The van der Waals surface area contributed by atoms with Gasteiger partial charge in [-0.1, -0.05) is 19.3 Å². The van der Waals surface area contributed by atoms with Crippen molar-refractivity contribution >= 4 is 0 Å². The molecule has 1 saturated carbocycles. The van der Waals surface area contributed by atoms with Gasteiger partial charge in [0.1, 0.15) is 6.26 Å². The topological polar surface area (TPSA) is 47.3 Å². The van der Waals surface area contributed by atoms with E-state index in [0.29, 0.717) is 12.0 Å². The first-order chi connectivity index (χ1) is 7.88. The highest BCUT2D eigenvalue weighted by Crippen LogP contribution is 2.24. The standard InChI is InChI=1S/C12H20N2O2/c1-13-7-11-9-16-12(14-11)15-8-10-5-3-2-4-6-10/h9-10,13H,2-8H2,1H3. The molecule has 4 heteroatoms. The summed E-state index contributed by atoms with van der Waals surface area (Å²) in [5, 5.41) is 3.02. The molecule has 0 bridgehead atoms. The van der Waals surface area contributed by atoms with E-state index < -0.39 is 0 Å². The van der Waals surface area contributed by atoms with Crippen molar-refractivity contribution in [1.82, 2.24) is 10.3 Å². The number of aromatic nitrogens is 1. The Hall–Kier alpha value is -1.03. The molecule has 2 rings (SSSR count). The maximum absolute atomic E-state index is 5.57. The minimum Gasteiger partial charge on any atom is -0.450 e. The van der Waals surface area contributed by atoms with Gasteiger partial charge in [-0.2, -0.15) is 4.98 Å². The molecule has 1 aromatic rings. The summed E-state index contributed by atoms with van der Waals surface area (Å²) in [6.07, 6.45) is 8.67. The molecule has 16 heavy (non-hydrogen) atoms. The van der Waals surface area contributed by atoms with Crippen molar-refractivity contribution < 1.29 is 9.15 Å². The Bertz CT molecular complexity index is 306. The second-order valence-electron chi connectivity index (χ2n) is 4.45. The van der Waals surface area contributed by atoms with Crippen molar-refractivity contribution in [3.8, 4) is 6.08 Å². The molecule has 0 aromatic carbocycles. The fourth-order valence-electron chi connectivity index (χ4n) is 2.16. The number of hydrogen-bond donors (Lipinski definition) is 1. The van der Waals surface area contributed by atoms with Crippen LogP contribution in [0.5, 0.6) is 6.08 Å². The quantitative estimate of drug-likeness (QED) is 0.834. The van der Waals surface area contributed by atoms with Crippen LogP contribution in [0, 0.1) is 5.92 Å². The summed E-state index contributed by atoms with van der Waals surface area (Å²) in [5.41, 5.74) is 0.890. The van der Waals surface area contributed by atoms with Gasteiger partial charge in [0.05, 0.1) is 12.3 Å². The Morgan fingerprint density at radius 3 is 3.00 bits per heavy atom. The van der Waals surface area contributed by atoms with Gasteiger partial charge < -0.3 is 14.5 Å². The summed E-state index contributed by atoms with van der Waals surface area (Å²) >= 11 is 0. The summed E-state index contributed by atoms with van der Waals surface area (Å²) in [6, 6.07) is 0. The van der Waals surface area contributed by atoms with Crippen LogP contribution >= 0.6 is 0 Å². The molecule has 1 aliphatic rings. The zero-order valence-electron chi connectivity index (χ0n) is 9.87. The van der Waals surface area contributed by atoms with Crippen molar-refractivity contribution in [2.75, 3.05) is 13.7 Å². The summed E-state index contributed by atoms with van der Waals surface area (Å²) < 4.78 is 10.8. The average Bonchev–Trinajstić information content (AvgIpc) is 2.76. The molecule has 1 aliphatic carbocycles. The second-order valence-corrected chi connectivity index (χ2v) is 4.45. The van der Waals surface area contributed by atoms with Crippen LogP contribution in [0.15, 0.2) is 10.7 Å². The molecule has 1 aromatic heterocycles. The third-order valence-electron chi connectivity index (χ3n) is 3.06. The molecule has 4 nitrogen and oxygen atoms in total. The Morgan fingerprint density at radius 2 is 2.25 bits per heavy atom. The number of hydrogen-bond acceptors (Lipinski definition) is 4. The van der Waals surface area contributed by atoms with Gasteiger partial charge in [0, 0.05) is 6.54 Å². The average molecular weight is 224 g/mol. The number of nitrogens with zero attached hydrogens (tertiary/aromatic N) is 1. The first-order valence-electron chi connectivity index (χ1n) is 6.10. The smallest absolute Gasteiger partial charge is 0.393 e. The Labute approximate surface area is 96.4 Å². The lowest BCUT2D eigenvalue weighted by Crippen LogP contribution is -2.15. The molecule has 0 atom stereocenters. The first kappa shape index (κ1) is 11.5. The van der Waals surface area contributed by atoms with E-state index in [2.05, 4.69) is 10.3 Å². The van der Waals surface area contributed by atoms with Crippen LogP contribution in [0.4, 0.5) is 0 Å². The normalized spacial score (nSPS) is 17.6. The third-order valence-corrected chi connectivity index (χ3v) is 3.06. The molecular formula is C12H20N2O2. The highest BCUT2D eigenvalue weighted by Gasteiger charge is 2.15. The predicted octanol–water partition coefficient (Wildman–Crippen LogP) is 2.35. The van der Waals surface area contributed by atoms with Gasteiger partial charge in [0.15, 0.2) is 0 Å². The van der Waals surface area contributed by atoms with Gasteiger partial charge in [0.25, 0.3) is 0 Å². The number of oxazole rings is 1. The molecule has 0 spiro atoms.